The Morgan fingerprint density at radius 1 is 1.26 bits per heavy atom. The molecule has 0 bridgehead atoms. The summed E-state index contributed by atoms with van der Waals surface area (Å²) in [6.45, 7) is 6.01. The second-order valence-electron chi connectivity index (χ2n) is 5.24. The zero-order valence-electron chi connectivity index (χ0n) is 12.1. The lowest BCUT2D eigenvalue weighted by molar-refractivity contribution is 0.276. The summed E-state index contributed by atoms with van der Waals surface area (Å²) >= 11 is 0. The van der Waals surface area contributed by atoms with Gasteiger partial charge in [-0.05, 0) is 45.5 Å². The summed E-state index contributed by atoms with van der Waals surface area (Å²) in [6, 6.07) is 7.84. The number of sulfone groups is 1. The maximum atomic E-state index is 11.8. The van der Waals surface area contributed by atoms with Crippen LogP contribution in [-0.4, -0.2) is 37.9 Å². The van der Waals surface area contributed by atoms with E-state index in [4.69, 9.17) is 5.73 Å². The predicted octanol–water partition coefficient (Wildman–Crippen LogP) is 2.08. The molecule has 1 aromatic carbocycles. The van der Waals surface area contributed by atoms with Gasteiger partial charge in [-0.1, -0.05) is 12.1 Å². The van der Waals surface area contributed by atoms with Gasteiger partial charge in [0, 0.05) is 18.3 Å². The molecule has 108 valence electrons. The Bertz CT molecular complexity index is 512. The molecule has 0 amide bonds. The third-order valence-corrected chi connectivity index (χ3v) is 5.69. The molecule has 0 aliphatic heterocycles. The van der Waals surface area contributed by atoms with Crippen molar-refractivity contribution in [2.45, 2.75) is 32.1 Å². The second-order valence-corrected chi connectivity index (χ2v) is 7.92. The first-order valence-corrected chi connectivity index (χ1v) is 8.23. The van der Waals surface area contributed by atoms with Crippen LogP contribution >= 0.6 is 0 Å². The molecule has 0 heterocycles. The van der Waals surface area contributed by atoms with Crippen LogP contribution in [0.15, 0.2) is 24.3 Å². The van der Waals surface area contributed by atoms with E-state index >= 15 is 0 Å². The molecule has 1 unspecified atom stereocenters. The zero-order valence-corrected chi connectivity index (χ0v) is 12.9. The van der Waals surface area contributed by atoms with Crippen molar-refractivity contribution in [2.75, 3.05) is 25.1 Å². The van der Waals surface area contributed by atoms with E-state index in [9.17, 15) is 8.42 Å². The second kappa shape index (κ2) is 6.39. The molecule has 5 heteroatoms. The average Bonchev–Trinajstić information content (AvgIpc) is 2.35. The molecule has 1 atom stereocenters. The largest absolute Gasteiger partial charge is 0.399 e. The number of hydrogen-bond acceptors (Lipinski definition) is 4. The summed E-state index contributed by atoms with van der Waals surface area (Å²) in [5.74, 6) is 0.188. The minimum absolute atomic E-state index is 0.144. The highest BCUT2D eigenvalue weighted by atomic mass is 32.2. The zero-order chi connectivity index (χ0) is 14.6. The molecule has 0 saturated carbocycles. The Hall–Kier alpha value is -1.07. The van der Waals surface area contributed by atoms with Gasteiger partial charge in [-0.25, -0.2) is 8.42 Å². The van der Waals surface area contributed by atoms with Crippen molar-refractivity contribution in [3.63, 3.8) is 0 Å². The molecule has 1 rings (SSSR count). The summed E-state index contributed by atoms with van der Waals surface area (Å²) < 4.78 is 23.6. The van der Waals surface area contributed by atoms with Crippen molar-refractivity contribution in [2.24, 2.45) is 0 Å². The van der Waals surface area contributed by atoms with Gasteiger partial charge in [-0.3, -0.25) is 4.90 Å². The van der Waals surface area contributed by atoms with Crippen molar-refractivity contribution in [1.82, 2.24) is 4.90 Å². The van der Waals surface area contributed by atoms with E-state index in [1.165, 1.54) is 0 Å². The van der Waals surface area contributed by atoms with Crippen molar-refractivity contribution < 1.29 is 8.42 Å². The maximum absolute atomic E-state index is 11.8. The fraction of sp³-hybridized carbons (Fsp3) is 0.571. The Morgan fingerprint density at radius 3 is 2.42 bits per heavy atom. The van der Waals surface area contributed by atoms with Gasteiger partial charge in [0.05, 0.1) is 11.0 Å². The van der Waals surface area contributed by atoms with Crippen molar-refractivity contribution in [1.29, 1.82) is 0 Å². The summed E-state index contributed by atoms with van der Waals surface area (Å²) in [7, 11) is -1.05. The van der Waals surface area contributed by atoms with Crippen LogP contribution in [0.4, 0.5) is 5.69 Å². The van der Waals surface area contributed by atoms with Gasteiger partial charge in [0.2, 0.25) is 0 Å². The van der Waals surface area contributed by atoms with Gasteiger partial charge < -0.3 is 5.73 Å². The highest BCUT2D eigenvalue weighted by Gasteiger charge is 2.19. The molecular weight excluding hydrogens is 260 g/mol. The van der Waals surface area contributed by atoms with Crippen molar-refractivity contribution in [3.8, 4) is 0 Å². The summed E-state index contributed by atoms with van der Waals surface area (Å²) in [6.07, 6.45) is 0. The number of nitrogens with zero attached hydrogens (tertiary/aromatic N) is 1. The van der Waals surface area contributed by atoms with E-state index in [1.807, 2.05) is 36.2 Å². The summed E-state index contributed by atoms with van der Waals surface area (Å²) in [5, 5.41) is -0.316. The highest BCUT2D eigenvalue weighted by Crippen LogP contribution is 2.20. The van der Waals surface area contributed by atoms with Crippen LogP contribution in [-0.2, 0) is 9.84 Å². The third kappa shape index (κ3) is 4.51. The van der Waals surface area contributed by atoms with E-state index < -0.39 is 9.84 Å². The van der Waals surface area contributed by atoms with Crippen molar-refractivity contribution >= 4 is 15.5 Å². The van der Waals surface area contributed by atoms with Crippen LogP contribution in [0.2, 0.25) is 0 Å². The first-order chi connectivity index (χ1) is 8.74. The van der Waals surface area contributed by atoms with Gasteiger partial charge in [0.25, 0.3) is 0 Å². The molecular formula is C14H24N2O2S. The molecule has 19 heavy (non-hydrogen) atoms. The molecule has 0 spiro atoms. The smallest absolute Gasteiger partial charge is 0.153 e. The number of nitrogen functional groups attached to an aromatic ring is 1. The van der Waals surface area contributed by atoms with Gasteiger partial charge in [-0.2, -0.15) is 0 Å². The Morgan fingerprint density at radius 2 is 1.89 bits per heavy atom. The SMILES string of the molecule is CC(c1cccc(N)c1)N(C)CCS(=O)(=O)C(C)C. The number of benzene rings is 1. The molecule has 0 aliphatic rings. The molecule has 0 saturated heterocycles. The van der Waals surface area contributed by atoms with Gasteiger partial charge in [-0.15, -0.1) is 0 Å². The number of anilines is 1. The predicted molar refractivity (Wildman–Crippen MR) is 80.8 cm³/mol. The number of nitrogens with two attached hydrogens (primary N) is 1. The fourth-order valence-corrected chi connectivity index (χ4v) is 2.79. The van der Waals surface area contributed by atoms with E-state index in [-0.39, 0.29) is 17.0 Å². The molecule has 0 aliphatic carbocycles. The van der Waals surface area contributed by atoms with Crippen LogP contribution in [0.3, 0.4) is 0 Å². The van der Waals surface area contributed by atoms with Crippen LogP contribution in [0, 0.1) is 0 Å². The van der Waals surface area contributed by atoms with E-state index in [0.29, 0.717) is 6.54 Å². The molecule has 0 aromatic heterocycles. The maximum Gasteiger partial charge on any atom is 0.153 e. The van der Waals surface area contributed by atoms with Gasteiger partial charge >= 0.3 is 0 Å². The molecule has 1 aromatic rings. The summed E-state index contributed by atoms with van der Waals surface area (Å²) in [5.41, 5.74) is 7.60. The van der Waals surface area contributed by atoms with Crippen LogP contribution in [0.5, 0.6) is 0 Å². The monoisotopic (exact) mass is 284 g/mol. The minimum atomic E-state index is -2.98. The van der Waals surface area contributed by atoms with E-state index in [1.54, 1.807) is 13.8 Å². The van der Waals surface area contributed by atoms with E-state index in [2.05, 4.69) is 6.92 Å². The molecule has 0 fully saturated rings. The Kier molecular flexibility index (Phi) is 5.38. The van der Waals surface area contributed by atoms with Crippen LogP contribution in [0.1, 0.15) is 32.4 Å². The topological polar surface area (TPSA) is 63.4 Å². The third-order valence-electron chi connectivity index (χ3n) is 3.50. The van der Waals surface area contributed by atoms with Crippen LogP contribution in [0.25, 0.3) is 0 Å². The standard InChI is InChI=1S/C14H24N2O2S/c1-11(2)19(17,18)9-8-16(4)12(3)13-6-5-7-14(15)10-13/h5-7,10-12H,8-9,15H2,1-4H3. The molecule has 4 nitrogen and oxygen atoms in total. The van der Waals surface area contributed by atoms with Crippen LogP contribution < -0.4 is 5.73 Å². The van der Waals surface area contributed by atoms with Crippen molar-refractivity contribution in [3.05, 3.63) is 29.8 Å². The lowest BCUT2D eigenvalue weighted by atomic mass is 10.1. The molecule has 0 radical (unpaired) electrons. The first-order valence-electron chi connectivity index (χ1n) is 6.51. The number of rotatable bonds is 6. The first kappa shape index (κ1) is 16.0. The average molecular weight is 284 g/mol. The molecule has 2 N–H and O–H groups in total. The normalized spacial score (nSPS) is 14.0. The Labute approximate surface area is 116 Å². The number of hydrogen-bond donors (Lipinski definition) is 1. The Balaban J connectivity index is 2.66. The summed E-state index contributed by atoms with van der Waals surface area (Å²) in [4.78, 5) is 2.04. The van der Waals surface area contributed by atoms with E-state index in [0.717, 1.165) is 11.3 Å². The van der Waals surface area contributed by atoms with Gasteiger partial charge in [0.15, 0.2) is 9.84 Å². The lowest BCUT2D eigenvalue weighted by Crippen LogP contribution is -2.30. The van der Waals surface area contributed by atoms with Gasteiger partial charge in [0.1, 0.15) is 0 Å². The highest BCUT2D eigenvalue weighted by molar-refractivity contribution is 7.92. The quantitative estimate of drug-likeness (QED) is 0.812. The fourth-order valence-electron chi connectivity index (χ4n) is 1.77. The minimum Gasteiger partial charge on any atom is -0.399 e. The lowest BCUT2D eigenvalue weighted by Gasteiger charge is -2.25.